The van der Waals surface area contributed by atoms with Crippen molar-refractivity contribution in [2.45, 2.75) is 18.5 Å². The molecule has 0 aromatic heterocycles. The number of halogens is 2. The van der Waals surface area contributed by atoms with Crippen LogP contribution in [0.25, 0.3) is 0 Å². The van der Waals surface area contributed by atoms with E-state index in [4.69, 9.17) is 0 Å². The Bertz CT molecular complexity index is 923. The van der Waals surface area contributed by atoms with Gasteiger partial charge in [-0.1, -0.05) is 6.07 Å². The Labute approximate surface area is 155 Å². The van der Waals surface area contributed by atoms with E-state index in [2.05, 4.69) is 5.32 Å². The van der Waals surface area contributed by atoms with Gasteiger partial charge in [0, 0.05) is 38.5 Å². The van der Waals surface area contributed by atoms with Crippen LogP contribution in [0.2, 0.25) is 0 Å². The van der Waals surface area contributed by atoms with Crippen LogP contribution < -0.4 is 10.2 Å². The van der Waals surface area contributed by atoms with Gasteiger partial charge in [-0.3, -0.25) is 9.59 Å². The van der Waals surface area contributed by atoms with Crippen molar-refractivity contribution in [1.82, 2.24) is 10.2 Å². The summed E-state index contributed by atoms with van der Waals surface area (Å²) in [5.74, 6) is -1.44. The largest absolute Gasteiger partial charge is 0.351 e. The first-order chi connectivity index (χ1) is 12.9. The van der Waals surface area contributed by atoms with Crippen LogP contribution >= 0.6 is 0 Å². The summed E-state index contributed by atoms with van der Waals surface area (Å²) in [5.41, 5.74) is 0.667. The topological polar surface area (TPSA) is 52.7 Å². The lowest BCUT2D eigenvalue weighted by molar-refractivity contribution is 0.0608. The molecular formula is C20H19F2N3O2. The third kappa shape index (κ3) is 2.93. The van der Waals surface area contributed by atoms with E-state index in [1.807, 2.05) is 11.9 Å². The summed E-state index contributed by atoms with van der Waals surface area (Å²) in [6.07, 6.45) is 1.04. The molecule has 7 heteroatoms. The molecule has 2 heterocycles. The van der Waals surface area contributed by atoms with Crippen LogP contribution in [-0.4, -0.2) is 42.5 Å². The molecule has 5 nitrogen and oxygen atoms in total. The van der Waals surface area contributed by atoms with E-state index in [9.17, 15) is 18.4 Å². The number of benzene rings is 2. The zero-order chi connectivity index (χ0) is 19.2. The van der Waals surface area contributed by atoms with Crippen LogP contribution in [0.4, 0.5) is 14.5 Å². The molecule has 2 aliphatic rings. The average molecular weight is 371 g/mol. The van der Waals surface area contributed by atoms with Gasteiger partial charge in [-0.25, -0.2) is 8.78 Å². The first-order valence-corrected chi connectivity index (χ1v) is 8.80. The SMILES string of the molecule is CN1c2ccc(F)cc2C(=O)NC12CCN(C(=O)c1cccc(F)c1)CC2. The Kier molecular flexibility index (Phi) is 4.09. The number of piperidine rings is 1. The molecule has 140 valence electrons. The van der Waals surface area contributed by atoms with E-state index in [1.54, 1.807) is 17.0 Å². The van der Waals surface area contributed by atoms with Crippen LogP contribution in [0, 0.1) is 11.6 Å². The molecule has 0 bridgehead atoms. The minimum absolute atomic E-state index is 0.225. The number of nitrogens with zero attached hydrogens (tertiary/aromatic N) is 2. The Balaban J connectivity index is 1.54. The third-order valence-corrected chi connectivity index (χ3v) is 5.50. The van der Waals surface area contributed by atoms with Gasteiger partial charge in [0.2, 0.25) is 0 Å². The monoisotopic (exact) mass is 371 g/mol. The third-order valence-electron chi connectivity index (χ3n) is 5.50. The number of likely N-dealkylation sites (tertiary alicyclic amines) is 1. The minimum atomic E-state index is -0.624. The smallest absolute Gasteiger partial charge is 0.255 e. The molecule has 27 heavy (non-hydrogen) atoms. The highest BCUT2D eigenvalue weighted by atomic mass is 19.1. The number of anilines is 1. The van der Waals surface area contributed by atoms with Crippen molar-refractivity contribution in [1.29, 1.82) is 0 Å². The highest BCUT2D eigenvalue weighted by Crippen LogP contribution is 2.36. The fourth-order valence-electron chi connectivity index (χ4n) is 3.92. The molecule has 2 aromatic rings. The van der Waals surface area contributed by atoms with Crippen molar-refractivity contribution in [2.24, 2.45) is 0 Å². The standard InChI is InChI=1S/C20H19F2N3O2/c1-24-17-6-5-15(22)12-16(17)18(26)23-20(24)7-9-25(10-8-20)19(27)13-3-2-4-14(21)11-13/h2-6,11-12H,7-10H2,1H3,(H,23,26). The molecule has 2 aliphatic heterocycles. The quantitative estimate of drug-likeness (QED) is 0.839. The lowest BCUT2D eigenvalue weighted by Crippen LogP contribution is -2.67. The summed E-state index contributed by atoms with van der Waals surface area (Å²) in [5, 5.41) is 3.00. The maximum atomic E-state index is 13.5. The number of carbonyl (C=O) groups excluding carboxylic acids is 2. The van der Waals surface area contributed by atoms with Crippen LogP contribution in [-0.2, 0) is 0 Å². The average Bonchev–Trinajstić information content (AvgIpc) is 2.66. The number of hydrogen-bond acceptors (Lipinski definition) is 3. The summed E-state index contributed by atoms with van der Waals surface area (Å²) >= 11 is 0. The number of rotatable bonds is 1. The van der Waals surface area contributed by atoms with E-state index >= 15 is 0 Å². The summed E-state index contributed by atoms with van der Waals surface area (Å²) in [6.45, 7) is 0.854. The van der Waals surface area contributed by atoms with Gasteiger partial charge in [0.15, 0.2) is 0 Å². The summed E-state index contributed by atoms with van der Waals surface area (Å²) < 4.78 is 26.9. The number of fused-ring (bicyclic) bond motifs is 1. The Hall–Kier alpha value is -2.96. The predicted octanol–water partition coefficient (Wildman–Crippen LogP) is 2.78. The summed E-state index contributed by atoms with van der Waals surface area (Å²) in [4.78, 5) is 28.7. The van der Waals surface area contributed by atoms with Crippen LogP contribution in [0.1, 0.15) is 33.6 Å². The molecule has 0 saturated carbocycles. The second-order valence-electron chi connectivity index (χ2n) is 7.01. The van der Waals surface area contributed by atoms with E-state index in [0.29, 0.717) is 42.7 Å². The maximum Gasteiger partial charge on any atom is 0.255 e. The highest BCUT2D eigenvalue weighted by molar-refractivity contribution is 6.02. The van der Waals surface area contributed by atoms with Gasteiger partial charge in [-0.05, 0) is 36.4 Å². The van der Waals surface area contributed by atoms with Gasteiger partial charge in [-0.15, -0.1) is 0 Å². The van der Waals surface area contributed by atoms with Gasteiger partial charge in [-0.2, -0.15) is 0 Å². The van der Waals surface area contributed by atoms with Crippen LogP contribution in [0.3, 0.4) is 0 Å². The predicted molar refractivity (Wildman–Crippen MR) is 96.5 cm³/mol. The zero-order valence-electron chi connectivity index (χ0n) is 14.8. The molecule has 2 aromatic carbocycles. The van der Waals surface area contributed by atoms with Crippen molar-refractivity contribution in [3.63, 3.8) is 0 Å². The Morgan fingerprint density at radius 2 is 1.78 bits per heavy atom. The van der Waals surface area contributed by atoms with Gasteiger partial charge in [0.1, 0.15) is 17.3 Å². The number of carbonyl (C=O) groups is 2. The van der Waals surface area contributed by atoms with Gasteiger partial charge >= 0.3 is 0 Å². The lowest BCUT2D eigenvalue weighted by Gasteiger charge is -2.51. The first-order valence-electron chi connectivity index (χ1n) is 8.80. The molecule has 0 unspecified atom stereocenters. The second kappa shape index (κ2) is 6.33. The molecule has 1 fully saturated rings. The number of amides is 2. The fraction of sp³-hybridized carbons (Fsp3) is 0.300. The maximum absolute atomic E-state index is 13.5. The molecule has 1 spiro atoms. The molecule has 0 radical (unpaired) electrons. The first kappa shape index (κ1) is 17.5. The van der Waals surface area contributed by atoms with Crippen molar-refractivity contribution in [3.05, 3.63) is 65.2 Å². The van der Waals surface area contributed by atoms with Gasteiger partial charge in [0.05, 0.1) is 11.3 Å². The number of nitrogens with one attached hydrogen (secondary N) is 1. The molecule has 1 N–H and O–H groups in total. The Morgan fingerprint density at radius 1 is 1.07 bits per heavy atom. The van der Waals surface area contributed by atoms with Crippen molar-refractivity contribution < 1.29 is 18.4 Å². The molecular weight excluding hydrogens is 352 g/mol. The Morgan fingerprint density at radius 3 is 2.48 bits per heavy atom. The van der Waals surface area contributed by atoms with Gasteiger partial charge in [0.25, 0.3) is 11.8 Å². The van der Waals surface area contributed by atoms with Crippen LogP contribution in [0.15, 0.2) is 42.5 Å². The zero-order valence-corrected chi connectivity index (χ0v) is 14.8. The molecule has 4 rings (SSSR count). The minimum Gasteiger partial charge on any atom is -0.351 e. The highest BCUT2D eigenvalue weighted by Gasteiger charge is 2.45. The second-order valence-corrected chi connectivity index (χ2v) is 7.01. The molecule has 1 saturated heterocycles. The van der Waals surface area contributed by atoms with Crippen molar-refractivity contribution in [3.8, 4) is 0 Å². The van der Waals surface area contributed by atoms with Crippen molar-refractivity contribution in [2.75, 3.05) is 25.0 Å². The normalized spacial score (nSPS) is 18.3. The van der Waals surface area contributed by atoms with Crippen molar-refractivity contribution >= 4 is 17.5 Å². The van der Waals surface area contributed by atoms with Gasteiger partial charge < -0.3 is 15.1 Å². The fourth-order valence-corrected chi connectivity index (χ4v) is 3.92. The summed E-state index contributed by atoms with van der Waals surface area (Å²) in [6, 6.07) is 9.81. The van der Waals surface area contributed by atoms with E-state index in [0.717, 1.165) is 0 Å². The number of hydrogen-bond donors (Lipinski definition) is 1. The molecule has 0 aliphatic carbocycles. The molecule has 2 amide bonds. The lowest BCUT2D eigenvalue weighted by atomic mass is 9.90. The van der Waals surface area contributed by atoms with E-state index in [1.165, 1.54) is 30.3 Å². The summed E-state index contributed by atoms with van der Waals surface area (Å²) in [7, 11) is 1.86. The van der Waals surface area contributed by atoms with E-state index in [-0.39, 0.29) is 11.8 Å². The van der Waals surface area contributed by atoms with E-state index < -0.39 is 17.3 Å². The molecule has 0 atom stereocenters. The van der Waals surface area contributed by atoms with Crippen LogP contribution in [0.5, 0.6) is 0 Å².